The fourth-order valence-electron chi connectivity index (χ4n) is 4.37. The molecule has 1 saturated heterocycles. The summed E-state index contributed by atoms with van der Waals surface area (Å²) >= 11 is 0. The van der Waals surface area contributed by atoms with Crippen LogP contribution in [0.5, 0.6) is 11.5 Å². The summed E-state index contributed by atoms with van der Waals surface area (Å²) in [6.45, 7) is 4.20. The van der Waals surface area contributed by atoms with E-state index >= 15 is 0 Å². The highest BCUT2D eigenvalue weighted by atomic mass is 16.5. The number of carbonyl (C=O) groups excluding carboxylic acids is 1. The standard InChI is InChI=1S/C26H32N2O4/c1-18-5-7-20-8-9-22(32-21-11-13-27(2)14-12-21)17-28(20)26(29)16-23(18)19-6-10-24(30-3)25(15-19)31-4/h6-10,15-18,21H,5,11-14H2,1-4H3. The number of benzene rings is 1. The number of allylic oxidation sites excluding steroid dienone is 4. The number of carbonyl (C=O) groups is 1. The van der Waals surface area contributed by atoms with Crippen molar-refractivity contribution in [3.8, 4) is 11.5 Å². The molecule has 1 aromatic rings. The second kappa shape index (κ2) is 9.65. The molecule has 1 fully saturated rings. The highest BCUT2D eigenvalue weighted by Gasteiger charge is 2.25. The molecule has 0 radical (unpaired) electrons. The van der Waals surface area contributed by atoms with Gasteiger partial charge in [-0.25, -0.2) is 0 Å². The average Bonchev–Trinajstić information content (AvgIpc) is 2.81. The Morgan fingerprint density at radius 3 is 2.50 bits per heavy atom. The van der Waals surface area contributed by atoms with E-state index in [1.807, 2.05) is 36.6 Å². The molecule has 0 bridgehead atoms. The van der Waals surface area contributed by atoms with E-state index in [1.165, 1.54) is 0 Å². The molecule has 0 spiro atoms. The molecule has 1 amide bonds. The van der Waals surface area contributed by atoms with Crippen LogP contribution in [0.3, 0.4) is 0 Å². The molecule has 32 heavy (non-hydrogen) atoms. The second-order valence-corrected chi connectivity index (χ2v) is 8.63. The number of hydrogen-bond donors (Lipinski definition) is 0. The largest absolute Gasteiger partial charge is 0.493 e. The van der Waals surface area contributed by atoms with E-state index in [4.69, 9.17) is 14.2 Å². The van der Waals surface area contributed by atoms with Gasteiger partial charge in [-0.15, -0.1) is 0 Å². The Morgan fingerprint density at radius 2 is 1.78 bits per heavy atom. The van der Waals surface area contributed by atoms with Gasteiger partial charge in [0.1, 0.15) is 11.9 Å². The first-order chi connectivity index (χ1) is 15.5. The van der Waals surface area contributed by atoms with E-state index < -0.39 is 0 Å². The molecule has 1 atom stereocenters. The number of ether oxygens (including phenoxy) is 3. The zero-order valence-corrected chi connectivity index (χ0v) is 19.3. The number of rotatable bonds is 5. The van der Waals surface area contributed by atoms with Crippen molar-refractivity contribution in [2.24, 2.45) is 5.92 Å². The summed E-state index contributed by atoms with van der Waals surface area (Å²) in [5.41, 5.74) is 2.83. The van der Waals surface area contributed by atoms with Gasteiger partial charge >= 0.3 is 0 Å². The zero-order valence-electron chi connectivity index (χ0n) is 19.3. The second-order valence-electron chi connectivity index (χ2n) is 8.63. The van der Waals surface area contributed by atoms with Crippen LogP contribution in [-0.4, -0.2) is 56.2 Å². The third kappa shape index (κ3) is 4.75. The Balaban J connectivity index is 1.58. The molecule has 6 heteroatoms. The van der Waals surface area contributed by atoms with Crippen LogP contribution in [0.1, 0.15) is 31.7 Å². The molecular formula is C26H32N2O4. The molecule has 0 saturated carbocycles. The first kappa shape index (κ1) is 22.2. The summed E-state index contributed by atoms with van der Waals surface area (Å²) in [4.78, 5) is 17.3. The van der Waals surface area contributed by atoms with Crippen molar-refractivity contribution in [1.29, 1.82) is 0 Å². The van der Waals surface area contributed by atoms with Crippen LogP contribution in [0.15, 0.2) is 60.2 Å². The van der Waals surface area contributed by atoms with Gasteiger partial charge in [-0.1, -0.05) is 19.1 Å². The number of methoxy groups -OCH3 is 2. The molecule has 0 N–H and O–H groups in total. The van der Waals surface area contributed by atoms with Gasteiger partial charge in [0.15, 0.2) is 11.5 Å². The third-order valence-electron chi connectivity index (χ3n) is 6.37. The van der Waals surface area contributed by atoms with Gasteiger partial charge in [-0.2, -0.15) is 0 Å². The van der Waals surface area contributed by atoms with E-state index in [9.17, 15) is 4.79 Å². The van der Waals surface area contributed by atoms with Gasteiger partial charge in [-0.3, -0.25) is 9.69 Å². The molecule has 4 rings (SSSR count). The van der Waals surface area contributed by atoms with Gasteiger partial charge < -0.3 is 19.1 Å². The predicted octanol–water partition coefficient (Wildman–Crippen LogP) is 4.36. The van der Waals surface area contributed by atoms with Gasteiger partial charge in [0.2, 0.25) is 0 Å². The molecular weight excluding hydrogens is 404 g/mol. The fraction of sp³-hybridized carbons (Fsp3) is 0.423. The van der Waals surface area contributed by atoms with Crippen molar-refractivity contribution in [2.75, 3.05) is 34.4 Å². The summed E-state index contributed by atoms with van der Waals surface area (Å²) in [6.07, 6.45) is 12.6. The number of fused-ring (bicyclic) bond motifs is 1. The van der Waals surface area contributed by atoms with Crippen molar-refractivity contribution in [1.82, 2.24) is 9.80 Å². The van der Waals surface area contributed by atoms with Crippen molar-refractivity contribution >= 4 is 11.5 Å². The summed E-state index contributed by atoms with van der Waals surface area (Å²) in [6, 6.07) is 5.79. The van der Waals surface area contributed by atoms with Crippen molar-refractivity contribution in [2.45, 2.75) is 32.3 Å². The van der Waals surface area contributed by atoms with E-state index in [0.717, 1.165) is 54.9 Å². The van der Waals surface area contributed by atoms with Gasteiger partial charge in [0, 0.05) is 24.9 Å². The van der Waals surface area contributed by atoms with E-state index in [-0.39, 0.29) is 17.9 Å². The van der Waals surface area contributed by atoms with Crippen molar-refractivity contribution in [3.05, 3.63) is 65.7 Å². The lowest BCUT2D eigenvalue weighted by Crippen LogP contribution is -2.34. The van der Waals surface area contributed by atoms with Gasteiger partial charge in [-0.05, 0) is 67.6 Å². The molecule has 3 aliphatic heterocycles. The predicted molar refractivity (Wildman–Crippen MR) is 125 cm³/mol. The summed E-state index contributed by atoms with van der Waals surface area (Å²) in [5.74, 6) is 2.16. The quantitative estimate of drug-likeness (QED) is 0.686. The molecule has 6 nitrogen and oxygen atoms in total. The Kier molecular flexibility index (Phi) is 6.70. The van der Waals surface area contributed by atoms with Gasteiger partial charge in [0.05, 0.1) is 20.4 Å². The Hall–Kier alpha value is -2.99. The monoisotopic (exact) mass is 436 g/mol. The highest BCUT2D eigenvalue weighted by Crippen LogP contribution is 2.36. The molecule has 3 heterocycles. The van der Waals surface area contributed by atoms with Crippen LogP contribution >= 0.6 is 0 Å². The highest BCUT2D eigenvalue weighted by molar-refractivity contribution is 5.98. The summed E-state index contributed by atoms with van der Waals surface area (Å²) in [5, 5.41) is 0. The molecule has 170 valence electrons. The molecule has 1 aromatic carbocycles. The maximum Gasteiger partial charge on any atom is 0.255 e. The number of nitrogens with zero attached hydrogens (tertiary/aromatic N) is 2. The van der Waals surface area contributed by atoms with Crippen LogP contribution in [-0.2, 0) is 9.53 Å². The van der Waals surface area contributed by atoms with Crippen LogP contribution in [0.25, 0.3) is 5.57 Å². The molecule has 1 unspecified atom stereocenters. The average molecular weight is 437 g/mol. The number of piperidine rings is 1. The van der Waals surface area contributed by atoms with Crippen LogP contribution in [0.4, 0.5) is 0 Å². The topological polar surface area (TPSA) is 51.2 Å². The molecule has 0 aliphatic carbocycles. The lowest BCUT2D eigenvalue weighted by atomic mass is 9.89. The van der Waals surface area contributed by atoms with E-state index in [1.54, 1.807) is 25.2 Å². The number of likely N-dealkylation sites (tertiary alicyclic amines) is 1. The fourth-order valence-corrected chi connectivity index (χ4v) is 4.37. The minimum atomic E-state index is -0.0820. The zero-order chi connectivity index (χ0) is 22.7. The normalized spacial score (nSPS) is 22.2. The maximum atomic E-state index is 13.3. The molecule has 3 aliphatic rings. The minimum absolute atomic E-state index is 0.0820. The van der Waals surface area contributed by atoms with Crippen LogP contribution in [0, 0.1) is 5.92 Å². The summed E-state index contributed by atoms with van der Waals surface area (Å²) < 4.78 is 17.0. The SMILES string of the molecule is COc1ccc(C2=CC(=O)N3C=C(OC4CCN(C)CC4)C=CC3=CCC2C)cc1OC. The smallest absolute Gasteiger partial charge is 0.255 e. The van der Waals surface area contributed by atoms with Crippen molar-refractivity contribution < 1.29 is 19.0 Å². The van der Waals surface area contributed by atoms with Gasteiger partial charge in [0.25, 0.3) is 5.91 Å². The van der Waals surface area contributed by atoms with E-state index in [0.29, 0.717) is 11.5 Å². The van der Waals surface area contributed by atoms with E-state index in [2.05, 4.69) is 24.9 Å². The summed E-state index contributed by atoms with van der Waals surface area (Å²) in [7, 11) is 5.37. The molecule has 0 aromatic heterocycles. The Morgan fingerprint density at radius 1 is 1.03 bits per heavy atom. The van der Waals surface area contributed by atoms with Crippen LogP contribution < -0.4 is 9.47 Å². The number of hydrogen-bond acceptors (Lipinski definition) is 5. The first-order valence-corrected chi connectivity index (χ1v) is 11.2. The Bertz CT molecular complexity index is 984. The van der Waals surface area contributed by atoms with Crippen molar-refractivity contribution in [3.63, 3.8) is 0 Å². The number of amides is 1. The lowest BCUT2D eigenvalue weighted by molar-refractivity contribution is -0.122. The Labute approximate surface area is 190 Å². The maximum absolute atomic E-state index is 13.3. The van der Waals surface area contributed by atoms with Crippen LogP contribution in [0.2, 0.25) is 0 Å². The lowest BCUT2D eigenvalue weighted by Gasteiger charge is -2.31. The minimum Gasteiger partial charge on any atom is -0.493 e. The third-order valence-corrected chi connectivity index (χ3v) is 6.37. The first-order valence-electron chi connectivity index (χ1n) is 11.2.